The number of nitrogens with one attached hydrogen (secondary N) is 1. The van der Waals surface area contributed by atoms with Crippen molar-refractivity contribution in [3.05, 3.63) is 48.0 Å². The second kappa shape index (κ2) is 10.1. The van der Waals surface area contributed by atoms with E-state index in [0.717, 1.165) is 0 Å². The second-order valence-corrected chi connectivity index (χ2v) is 5.35. The molecule has 144 valence electrons. The largest absolute Gasteiger partial charge is 0.493 e. The number of amides is 1. The van der Waals surface area contributed by atoms with Crippen LogP contribution in [0.3, 0.4) is 0 Å². The highest BCUT2D eigenvalue weighted by atomic mass is 16.5. The first-order chi connectivity index (χ1) is 13.1. The van der Waals surface area contributed by atoms with Crippen LogP contribution in [0.1, 0.15) is 24.2 Å². The second-order valence-electron chi connectivity index (χ2n) is 5.35. The minimum absolute atomic E-state index is 0.262. The summed E-state index contributed by atoms with van der Waals surface area (Å²) in [7, 11) is 1.48. The lowest BCUT2D eigenvalue weighted by molar-refractivity contribution is -0.119. The zero-order valence-corrected chi connectivity index (χ0v) is 15.6. The lowest BCUT2D eigenvalue weighted by Gasteiger charge is -2.12. The molecule has 1 N–H and O–H groups in total. The number of rotatable bonds is 9. The van der Waals surface area contributed by atoms with Crippen LogP contribution in [0.4, 0.5) is 5.69 Å². The minimum Gasteiger partial charge on any atom is -0.493 e. The van der Waals surface area contributed by atoms with Gasteiger partial charge in [0.25, 0.3) is 5.91 Å². The first-order valence-electron chi connectivity index (χ1n) is 8.58. The van der Waals surface area contributed by atoms with Crippen molar-refractivity contribution >= 4 is 17.6 Å². The Morgan fingerprint density at radius 2 is 1.63 bits per heavy atom. The van der Waals surface area contributed by atoms with Crippen molar-refractivity contribution in [1.29, 1.82) is 0 Å². The van der Waals surface area contributed by atoms with E-state index in [-0.39, 0.29) is 5.56 Å². The molecule has 0 spiro atoms. The molecule has 0 bridgehead atoms. The fraction of sp³-hybridized carbons (Fsp3) is 0.300. The third-order valence-corrected chi connectivity index (χ3v) is 3.49. The molecule has 2 rings (SSSR count). The predicted molar refractivity (Wildman–Crippen MR) is 101 cm³/mol. The van der Waals surface area contributed by atoms with Crippen LogP contribution in [0, 0.1) is 0 Å². The molecule has 2 aromatic carbocycles. The zero-order valence-electron chi connectivity index (χ0n) is 15.6. The minimum atomic E-state index is -0.635. The summed E-state index contributed by atoms with van der Waals surface area (Å²) in [6.07, 6.45) is 0. The summed E-state index contributed by atoms with van der Waals surface area (Å²) in [6, 6.07) is 11.7. The number of ether oxygens (including phenoxy) is 4. The van der Waals surface area contributed by atoms with Gasteiger partial charge in [0, 0.05) is 0 Å². The van der Waals surface area contributed by atoms with Crippen molar-refractivity contribution in [3.63, 3.8) is 0 Å². The van der Waals surface area contributed by atoms with Crippen LogP contribution < -0.4 is 19.5 Å². The molecule has 1 amide bonds. The van der Waals surface area contributed by atoms with Crippen molar-refractivity contribution in [2.75, 3.05) is 32.2 Å². The summed E-state index contributed by atoms with van der Waals surface area (Å²) < 4.78 is 21.1. The van der Waals surface area contributed by atoms with Gasteiger partial charge >= 0.3 is 5.97 Å². The molecular weight excluding hydrogens is 350 g/mol. The third kappa shape index (κ3) is 5.64. The third-order valence-electron chi connectivity index (χ3n) is 3.49. The highest BCUT2D eigenvalue weighted by molar-refractivity contribution is 5.96. The van der Waals surface area contributed by atoms with Gasteiger partial charge in [-0.3, -0.25) is 4.79 Å². The van der Waals surface area contributed by atoms with Gasteiger partial charge in [-0.25, -0.2) is 4.79 Å². The number of hydrogen-bond donors (Lipinski definition) is 1. The molecule has 0 aliphatic rings. The van der Waals surface area contributed by atoms with Gasteiger partial charge in [0.15, 0.2) is 18.1 Å². The Labute approximate surface area is 158 Å². The molecule has 0 heterocycles. The summed E-state index contributed by atoms with van der Waals surface area (Å²) in [5, 5.41) is 2.66. The van der Waals surface area contributed by atoms with E-state index in [1.165, 1.54) is 13.2 Å². The molecule has 0 radical (unpaired) electrons. The van der Waals surface area contributed by atoms with Crippen molar-refractivity contribution in [2.45, 2.75) is 13.8 Å². The molecule has 0 saturated heterocycles. The van der Waals surface area contributed by atoms with Gasteiger partial charge in [0.1, 0.15) is 5.75 Å². The predicted octanol–water partition coefficient (Wildman–Crippen LogP) is 3.29. The van der Waals surface area contributed by atoms with E-state index in [9.17, 15) is 9.59 Å². The van der Waals surface area contributed by atoms with Gasteiger partial charge in [0.05, 0.1) is 31.6 Å². The molecule has 0 aromatic heterocycles. The Morgan fingerprint density at radius 1 is 0.926 bits per heavy atom. The van der Waals surface area contributed by atoms with Crippen LogP contribution in [-0.2, 0) is 9.53 Å². The quantitative estimate of drug-likeness (QED) is 0.679. The molecule has 2 aromatic rings. The summed E-state index contributed by atoms with van der Waals surface area (Å²) in [4.78, 5) is 24.3. The summed E-state index contributed by atoms with van der Waals surface area (Å²) in [5.74, 6) is 0.400. The molecule has 27 heavy (non-hydrogen) atoms. The van der Waals surface area contributed by atoms with Crippen LogP contribution >= 0.6 is 0 Å². The molecule has 0 atom stereocenters. The Bertz CT molecular complexity index is 790. The van der Waals surface area contributed by atoms with Gasteiger partial charge in [-0.2, -0.15) is 0 Å². The van der Waals surface area contributed by atoms with Crippen molar-refractivity contribution in [2.24, 2.45) is 0 Å². The van der Waals surface area contributed by atoms with Crippen molar-refractivity contribution in [1.82, 2.24) is 0 Å². The lowest BCUT2D eigenvalue weighted by atomic mass is 10.2. The monoisotopic (exact) mass is 373 g/mol. The Balaban J connectivity index is 1.96. The Kier molecular flexibility index (Phi) is 7.49. The fourth-order valence-electron chi connectivity index (χ4n) is 2.32. The summed E-state index contributed by atoms with van der Waals surface area (Å²) >= 11 is 0. The van der Waals surface area contributed by atoms with E-state index in [2.05, 4.69) is 5.32 Å². The normalized spacial score (nSPS) is 10.0. The number of para-hydroxylation sites is 2. The first-order valence-corrected chi connectivity index (χ1v) is 8.58. The topological polar surface area (TPSA) is 83.1 Å². The first kappa shape index (κ1) is 20.1. The number of anilines is 1. The van der Waals surface area contributed by atoms with Gasteiger partial charge in [0.2, 0.25) is 0 Å². The van der Waals surface area contributed by atoms with Gasteiger partial charge < -0.3 is 24.3 Å². The highest BCUT2D eigenvalue weighted by Crippen LogP contribution is 2.28. The maximum absolute atomic E-state index is 12.2. The van der Waals surface area contributed by atoms with Crippen LogP contribution in [0.5, 0.6) is 17.2 Å². The molecule has 7 heteroatoms. The number of hydrogen-bond acceptors (Lipinski definition) is 6. The van der Waals surface area contributed by atoms with E-state index < -0.39 is 18.5 Å². The SMILES string of the molecule is CCOc1ccccc1NC(=O)COC(=O)c1ccc(OCC)c(OC)c1. The standard InChI is InChI=1S/C20H23NO6/c1-4-25-16-9-7-6-8-15(16)21-19(22)13-27-20(23)14-10-11-17(26-5-2)18(12-14)24-3/h6-12H,4-5,13H2,1-3H3,(H,21,22). The summed E-state index contributed by atoms with van der Waals surface area (Å²) in [5.41, 5.74) is 0.779. The average molecular weight is 373 g/mol. The fourth-order valence-corrected chi connectivity index (χ4v) is 2.32. The highest BCUT2D eigenvalue weighted by Gasteiger charge is 2.15. The van der Waals surface area contributed by atoms with Crippen molar-refractivity contribution < 1.29 is 28.5 Å². The molecule has 0 aliphatic carbocycles. The van der Waals surface area contributed by atoms with E-state index in [1.807, 2.05) is 13.8 Å². The maximum Gasteiger partial charge on any atom is 0.338 e. The average Bonchev–Trinajstić information content (AvgIpc) is 2.68. The molecule has 0 fully saturated rings. The van der Waals surface area contributed by atoms with Crippen LogP contribution in [0.15, 0.2) is 42.5 Å². The summed E-state index contributed by atoms with van der Waals surface area (Å²) in [6.45, 7) is 4.23. The molecule has 0 unspecified atom stereocenters. The van der Waals surface area contributed by atoms with Gasteiger partial charge in [-0.1, -0.05) is 12.1 Å². The number of methoxy groups -OCH3 is 1. The van der Waals surface area contributed by atoms with Gasteiger partial charge in [-0.15, -0.1) is 0 Å². The van der Waals surface area contributed by atoms with E-state index in [1.54, 1.807) is 36.4 Å². The number of carbonyl (C=O) groups is 2. The van der Waals surface area contributed by atoms with Gasteiger partial charge in [-0.05, 0) is 44.2 Å². The Hall–Kier alpha value is -3.22. The Morgan fingerprint density at radius 3 is 2.33 bits per heavy atom. The number of carbonyl (C=O) groups excluding carboxylic acids is 2. The number of benzene rings is 2. The lowest BCUT2D eigenvalue weighted by Crippen LogP contribution is -2.21. The van der Waals surface area contributed by atoms with E-state index >= 15 is 0 Å². The smallest absolute Gasteiger partial charge is 0.338 e. The zero-order chi connectivity index (χ0) is 19.6. The molecular formula is C20H23NO6. The van der Waals surface area contributed by atoms with Crippen LogP contribution in [-0.4, -0.2) is 38.8 Å². The van der Waals surface area contributed by atoms with E-state index in [0.29, 0.717) is 36.1 Å². The molecule has 7 nitrogen and oxygen atoms in total. The van der Waals surface area contributed by atoms with Crippen molar-refractivity contribution in [3.8, 4) is 17.2 Å². The van der Waals surface area contributed by atoms with Crippen LogP contribution in [0.2, 0.25) is 0 Å². The molecule has 0 aliphatic heterocycles. The maximum atomic E-state index is 12.2. The van der Waals surface area contributed by atoms with E-state index in [4.69, 9.17) is 18.9 Å². The van der Waals surface area contributed by atoms with Crippen LogP contribution in [0.25, 0.3) is 0 Å². The number of esters is 1. The molecule has 0 saturated carbocycles.